The van der Waals surface area contributed by atoms with Gasteiger partial charge in [-0.25, -0.2) is 0 Å². The van der Waals surface area contributed by atoms with E-state index in [0.29, 0.717) is 29.5 Å². The van der Waals surface area contributed by atoms with E-state index in [-0.39, 0.29) is 29.9 Å². The van der Waals surface area contributed by atoms with Crippen molar-refractivity contribution < 1.29 is 14.3 Å². The number of amides is 1. The molecule has 0 aliphatic heterocycles. The monoisotopic (exact) mass is 574 g/mol. The number of rotatable bonds is 9. The van der Waals surface area contributed by atoms with Crippen molar-refractivity contribution in [3.8, 4) is 11.5 Å². The van der Waals surface area contributed by atoms with E-state index < -0.39 is 0 Å². The van der Waals surface area contributed by atoms with Gasteiger partial charge in [0, 0.05) is 44.3 Å². The van der Waals surface area contributed by atoms with Crippen LogP contribution in [0.2, 0.25) is 5.02 Å². The number of carbonyl (C=O) groups is 1. The van der Waals surface area contributed by atoms with Gasteiger partial charge in [0.1, 0.15) is 0 Å². The third-order valence-corrected chi connectivity index (χ3v) is 5.34. The number of halogens is 2. The Hall–Kier alpha value is -2.20. The van der Waals surface area contributed by atoms with Gasteiger partial charge in [0.15, 0.2) is 17.5 Å². The van der Waals surface area contributed by atoms with Crippen molar-refractivity contribution in [1.82, 2.24) is 10.2 Å². The van der Waals surface area contributed by atoms with Gasteiger partial charge in [-0.2, -0.15) is 0 Å². The van der Waals surface area contributed by atoms with Crippen molar-refractivity contribution in [2.45, 2.75) is 19.8 Å². The Bertz CT molecular complexity index is 924. The maximum Gasteiger partial charge on any atom is 0.226 e. The van der Waals surface area contributed by atoms with Crippen LogP contribution in [0.15, 0.2) is 41.4 Å². The molecule has 0 saturated carbocycles. The fourth-order valence-corrected chi connectivity index (χ4v) is 3.24. The van der Waals surface area contributed by atoms with Crippen LogP contribution in [0, 0.1) is 6.92 Å². The lowest BCUT2D eigenvalue weighted by molar-refractivity contribution is -0.116. The first-order valence-electron chi connectivity index (χ1n) is 10.1. The molecule has 2 N–H and O–H groups in total. The molecule has 0 aliphatic carbocycles. The molecule has 0 atom stereocenters. The molecule has 32 heavy (non-hydrogen) atoms. The average molecular weight is 575 g/mol. The highest BCUT2D eigenvalue weighted by Gasteiger charge is 2.10. The number of benzene rings is 2. The Kier molecular flexibility index (Phi) is 12.2. The second-order valence-electron chi connectivity index (χ2n) is 7.05. The third kappa shape index (κ3) is 8.05. The number of likely N-dealkylation sites (N-methyl/N-ethyl adjacent to an activating group) is 1. The number of carbonyl (C=O) groups excluding carboxylic acids is 1. The van der Waals surface area contributed by atoms with E-state index in [4.69, 9.17) is 21.1 Å². The molecule has 0 aromatic heterocycles. The Balaban J connectivity index is 0.00000512. The molecule has 2 aromatic carbocycles. The molecule has 7 nitrogen and oxygen atoms in total. The first-order valence-corrected chi connectivity index (χ1v) is 10.4. The van der Waals surface area contributed by atoms with Crippen LogP contribution in [-0.4, -0.2) is 58.2 Å². The largest absolute Gasteiger partial charge is 0.493 e. The number of hydrogen-bond donors (Lipinski definition) is 2. The van der Waals surface area contributed by atoms with E-state index in [0.717, 1.165) is 35.7 Å². The summed E-state index contributed by atoms with van der Waals surface area (Å²) in [4.78, 5) is 18.6. The van der Waals surface area contributed by atoms with Gasteiger partial charge >= 0.3 is 0 Å². The summed E-state index contributed by atoms with van der Waals surface area (Å²) in [5.41, 5.74) is 2.72. The number of ether oxygens (including phenoxy) is 2. The summed E-state index contributed by atoms with van der Waals surface area (Å²) in [7, 11) is 6.94. The first-order chi connectivity index (χ1) is 14.9. The molecule has 0 fully saturated rings. The summed E-state index contributed by atoms with van der Waals surface area (Å²) >= 11 is 6.10. The summed E-state index contributed by atoms with van der Waals surface area (Å²) in [5.74, 6) is 2.07. The van der Waals surface area contributed by atoms with Crippen molar-refractivity contribution in [3.63, 3.8) is 0 Å². The van der Waals surface area contributed by atoms with Crippen molar-refractivity contribution in [2.75, 3.05) is 46.7 Å². The van der Waals surface area contributed by atoms with Crippen molar-refractivity contribution >= 4 is 53.1 Å². The van der Waals surface area contributed by atoms with Crippen LogP contribution >= 0.6 is 35.6 Å². The molecule has 0 spiro atoms. The second-order valence-corrected chi connectivity index (χ2v) is 7.45. The molecular weight excluding hydrogens is 543 g/mol. The summed E-state index contributed by atoms with van der Waals surface area (Å²) in [6.07, 6.45) is 1.13. The normalized spacial score (nSPS) is 10.8. The molecular formula is C23H32ClIN4O3. The molecule has 9 heteroatoms. The maximum absolute atomic E-state index is 12.3. The predicted molar refractivity (Wildman–Crippen MR) is 142 cm³/mol. The number of guanidine groups is 1. The third-order valence-electron chi connectivity index (χ3n) is 4.93. The minimum Gasteiger partial charge on any atom is -0.493 e. The quantitative estimate of drug-likeness (QED) is 0.265. The van der Waals surface area contributed by atoms with Crippen LogP contribution < -0.4 is 20.1 Å². The Morgan fingerprint density at radius 1 is 1.16 bits per heavy atom. The molecule has 0 bridgehead atoms. The van der Waals surface area contributed by atoms with Gasteiger partial charge in [0.05, 0.1) is 14.2 Å². The molecule has 0 unspecified atom stereocenters. The molecule has 0 radical (unpaired) electrons. The van der Waals surface area contributed by atoms with Crippen LogP contribution in [0.25, 0.3) is 0 Å². The number of hydrogen-bond acceptors (Lipinski definition) is 4. The molecule has 176 valence electrons. The van der Waals surface area contributed by atoms with Gasteiger partial charge in [0.25, 0.3) is 0 Å². The van der Waals surface area contributed by atoms with Gasteiger partial charge in [-0.15, -0.1) is 24.0 Å². The van der Waals surface area contributed by atoms with Crippen molar-refractivity contribution in [1.29, 1.82) is 0 Å². The number of aliphatic imine (C=N–C) groups is 1. The van der Waals surface area contributed by atoms with Crippen molar-refractivity contribution in [2.24, 2.45) is 4.99 Å². The minimum atomic E-state index is -0.0821. The highest BCUT2D eigenvalue weighted by atomic mass is 127. The van der Waals surface area contributed by atoms with Crippen LogP contribution in [-0.2, 0) is 11.2 Å². The lowest BCUT2D eigenvalue weighted by Crippen LogP contribution is -2.41. The van der Waals surface area contributed by atoms with Crippen LogP contribution in [0.3, 0.4) is 0 Å². The number of methoxy groups -OCH3 is 2. The molecule has 0 saturated heterocycles. The predicted octanol–water partition coefficient (Wildman–Crippen LogP) is 4.36. The summed E-state index contributed by atoms with van der Waals surface area (Å²) in [6.45, 7) is 3.10. The Labute approximate surface area is 212 Å². The van der Waals surface area contributed by atoms with Gasteiger partial charge in [-0.05, 0) is 48.7 Å². The van der Waals surface area contributed by atoms with E-state index in [9.17, 15) is 4.79 Å². The first kappa shape index (κ1) is 27.8. The SMILES string of the molecule is CN=C(NCCC(=O)Nc1cccc(Cl)c1C)N(C)CCc1ccc(OC)c(OC)c1.I. The Morgan fingerprint density at radius 2 is 1.88 bits per heavy atom. The maximum atomic E-state index is 12.3. The lowest BCUT2D eigenvalue weighted by atomic mass is 10.1. The lowest BCUT2D eigenvalue weighted by Gasteiger charge is -2.22. The molecule has 2 rings (SSSR count). The molecule has 2 aromatic rings. The van der Waals surface area contributed by atoms with Crippen LogP contribution in [0.1, 0.15) is 17.5 Å². The fourth-order valence-electron chi connectivity index (χ4n) is 3.07. The van der Waals surface area contributed by atoms with E-state index in [1.165, 1.54) is 0 Å². The zero-order valence-corrected chi connectivity index (χ0v) is 22.3. The van der Waals surface area contributed by atoms with E-state index in [1.807, 2.05) is 49.2 Å². The highest BCUT2D eigenvalue weighted by Crippen LogP contribution is 2.27. The van der Waals surface area contributed by atoms with Gasteiger partial charge in [-0.3, -0.25) is 9.79 Å². The standard InChI is InChI=1S/C23H31ClN4O3.HI/c1-16-18(24)7-6-8-19(16)27-22(29)11-13-26-23(25-2)28(3)14-12-17-9-10-20(30-4)21(15-17)31-5;/h6-10,15H,11-14H2,1-5H3,(H,25,26)(H,27,29);1H. The Morgan fingerprint density at radius 3 is 2.53 bits per heavy atom. The van der Waals surface area contributed by atoms with E-state index >= 15 is 0 Å². The fraction of sp³-hybridized carbons (Fsp3) is 0.391. The summed E-state index contributed by atoms with van der Waals surface area (Å²) in [6, 6.07) is 11.4. The van der Waals surface area contributed by atoms with Gasteiger partial charge in [0.2, 0.25) is 5.91 Å². The van der Waals surface area contributed by atoms with Gasteiger partial charge in [-0.1, -0.05) is 23.7 Å². The zero-order valence-electron chi connectivity index (χ0n) is 19.2. The van der Waals surface area contributed by atoms with E-state index in [1.54, 1.807) is 27.3 Å². The molecule has 0 aliphatic rings. The second kappa shape index (κ2) is 14.1. The topological polar surface area (TPSA) is 75.2 Å². The highest BCUT2D eigenvalue weighted by molar-refractivity contribution is 14.0. The zero-order chi connectivity index (χ0) is 22.8. The van der Waals surface area contributed by atoms with E-state index in [2.05, 4.69) is 15.6 Å². The molecule has 0 heterocycles. The average Bonchev–Trinajstić information content (AvgIpc) is 2.77. The summed E-state index contributed by atoms with van der Waals surface area (Å²) in [5, 5.41) is 6.77. The minimum absolute atomic E-state index is 0. The number of nitrogens with zero attached hydrogens (tertiary/aromatic N) is 2. The van der Waals surface area contributed by atoms with Crippen LogP contribution in [0.4, 0.5) is 5.69 Å². The van der Waals surface area contributed by atoms with Crippen LogP contribution in [0.5, 0.6) is 11.5 Å². The number of anilines is 1. The molecule has 1 amide bonds. The van der Waals surface area contributed by atoms with Gasteiger partial charge < -0.3 is 25.0 Å². The smallest absolute Gasteiger partial charge is 0.226 e. The number of nitrogens with one attached hydrogen (secondary N) is 2. The summed E-state index contributed by atoms with van der Waals surface area (Å²) < 4.78 is 10.6. The van der Waals surface area contributed by atoms with Crippen molar-refractivity contribution in [3.05, 3.63) is 52.5 Å².